The van der Waals surface area contributed by atoms with Crippen molar-refractivity contribution in [3.05, 3.63) is 137 Å². The van der Waals surface area contributed by atoms with E-state index in [0.717, 1.165) is 11.2 Å². The van der Waals surface area contributed by atoms with E-state index in [-0.39, 0.29) is 53.3 Å². The van der Waals surface area contributed by atoms with Crippen molar-refractivity contribution in [1.29, 1.82) is 0 Å². The molecule has 9 heterocycles. The van der Waals surface area contributed by atoms with Crippen LogP contribution in [0.3, 0.4) is 0 Å². The average molecular weight is 1070 g/mol. The number of aryl methyl sites for hydroxylation is 1. The summed E-state index contributed by atoms with van der Waals surface area (Å²) in [6, 6.07) is 18.7. The molecule has 0 radical (unpaired) electrons. The van der Waals surface area contributed by atoms with Gasteiger partial charge in [0.1, 0.15) is 35.6 Å². The Labute approximate surface area is 455 Å². The molecule has 0 aliphatic heterocycles. The molecule has 0 aliphatic rings. The maximum absolute atomic E-state index is 12.2. The zero-order valence-corrected chi connectivity index (χ0v) is 46.8. The van der Waals surface area contributed by atoms with Crippen LogP contribution >= 0.6 is 0 Å². The van der Waals surface area contributed by atoms with Gasteiger partial charge in [0.05, 0.1) is 49.1 Å². The van der Waals surface area contributed by atoms with Crippen LogP contribution in [0.25, 0.3) is 55.7 Å². The lowest BCUT2D eigenvalue weighted by Gasteiger charge is -2.08. The third-order valence-electron chi connectivity index (χ3n) is 12.3. The van der Waals surface area contributed by atoms with Crippen molar-refractivity contribution in [2.24, 2.45) is 5.92 Å². The number of fused-ring (bicyclic) bond motifs is 5. The van der Waals surface area contributed by atoms with E-state index in [1.54, 1.807) is 44.4 Å². The molecule has 2 aromatic carbocycles. The zero-order valence-electron chi connectivity index (χ0n) is 46.8. The van der Waals surface area contributed by atoms with Gasteiger partial charge in [0.15, 0.2) is 50.8 Å². The number of nitrogens with two attached hydrogens (primary N) is 1. The lowest BCUT2D eigenvalue weighted by Crippen LogP contribution is -2.18. The molecule has 5 N–H and O–H groups in total. The van der Waals surface area contributed by atoms with Crippen molar-refractivity contribution in [3.8, 4) is 0 Å². The number of nitrogens with zero attached hydrogens (tertiary/aromatic N) is 16. The van der Waals surface area contributed by atoms with E-state index in [9.17, 15) is 19.2 Å². The predicted molar refractivity (Wildman–Crippen MR) is 306 cm³/mol. The second kappa shape index (κ2) is 25.2. The van der Waals surface area contributed by atoms with Crippen molar-refractivity contribution in [2.45, 2.75) is 127 Å². The van der Waals surface area contributed by atoms with E-state index < -0.39 is 0 Å². The maximum Gasteiger partial charge on any atom is 0.279 e. The minimum absolute atomic E-state index is 0.0538. The summed E-state index contributed by atoms with van der Waals surface area (Å²) >= 11 is 0. The number of anilines is 2. The molecule has 412 valence electrons. The van der Waals surface area contributed by atoms with Crippen LogP contribution in [0.4, 0.5) is 11.6 Å². The number of nitrogens with one attached hydrogen (secondary N) is 3. The number of hydrogen-bond acceptors (Lipinski definition) is 16. The number of aromatic amines is 2. The number of amides is 1. The molecule has 0 spiro atoms. The molecule has 0 aliphatic carbocycles. The largest absolute Gasteiger partial charge is 0.382 e. The monoisotopic (exact) mass is 1070 g/mol. The average Bonchev–Trinajstić information content (AvgIpc) is 4.36. The molecule has 24 heteroatoms. The quantitative estimate of drug-likeness (QED) is 0.0994. The van der Waals surface area contributed by atoms with Crippen LogP contribution in [-0.2, 0) is 11.2 Å². The van der Waals surface area contributed by atoms with Gasteiger partial charge < -0.3 is 43.9 Å². The number of ketones is 1. The zero-order chi connectivity index (χ0) is 57.2. The Morgan fingerprint density at radius 2 is 0.987 bits per heavy atom. The van der Waals surface area contributed by atoms with Crippen molar-refractivity contribution in [1.82, 2.24) is 87.6 Å². The molecule has 79 heavy (non-hydrogen) atoms. The van der Waals surface area contributed by atoms with Crippen molar-refractivity contribution in [2.75, 3.05) is 11.1 Å². The molecule has 1 amide bonds. The number of para-hydroxylation sites is 2. The van der Waals surface area contributed by atoms with Gasteiger partial charge in [-0.15, -0.1) is 0 Å². The molecule has 0 fully saturated rings. The fraction of sp³-hybridized carbons (Fsp3) is 0.364. The molecule has 0 saturated carbocycles. The Balaban J connectivity index is 0.000000145. The van der Waals surface area contributed by atoms with Gasteiger partial charge in [0.25, 0.3) is 17.0 Å². The first-order chi connectivity index (χ1) is 37.6. The summed E-state index contributed by atoms with van der Waals surface area (Å²) < 4.78 is 9.80. The number of hydrogen-bond donors (Lipinski definition) is 4. The highest BCUT2D eigenvalue weighted by Crippen LogP contribution is 2.22. The highest BCUT2D eigenvalue weighted by Gasteiger charge is 2.17. The fourth-order valence-corrected chi connectivity index (χ4v) is 7.94. The first-order valence-corrected chi connectivity index (χ1v) is 25.9. The van der Waals surface area contributed by atoms with Gasteiger partial charge in [-0.3, -0.25) is 19.2 Å². The molecule has 11 rings (SSSR count). The van der Waals surface area contributed by atoms with E-state index in [4.69, 9.17) is 5.73 Å². The van der Waals surface area contributed by atoms with E-state index in [1.807, 2.05) is 116 Å². The number of nitrogen functional groups attached to an aromatic ring is 1. The van der Waals surface area contributed by atoms with Gasteiger partial charge in [-0.2, -0.15) is 0 Å². The van der Waals surface area contributed by atoms with Gasteiger partial charge in [0.2, 0.25) is 0 Å². The summed E-state index contributed by atoms with van der Waals surface area (Å²) in [4.78, 5) is 98.4. The number of carbonyl (C=O) groups excluding carboxylic acids is 2. The van der Waals surface area contributed by atoms with Crippen LogP contribution in [-0.4, -0.2) is 99.3 Å². The number of H-pyrrole nitrogens is 2. The Morgan fingerprint density at radius 3 is 1.56 bits per heavy atom. The number of Topliss-reactive ketones (excluding diaryl/α,β-unsaturated/α-hetero) is 1. The first-order valence-electron chi connectivity index (χ1n) is 25.9. The highest BCUT2D eigenvalue weighted by molar-refractivity contribution is 6.06. The molecule has 0 saturated heterocycles. The molecule has 24 nitrogen and oxygen atoms in total. The summed E-state index contributed by atoms with van der Waals surface area (Å²) in [7, 11) is 0. The Hall–Kier alpha value is -9.35. The minimum Gasteiger partial charge on any atom is -0.382 e. The maximum atomic E-state index is 12.2. The van der Waals surface area contributed by atoms with Crippen LogP contribution in [0.5, 0.6) is 0 Å². The van der Waals surface area contributed by atoms with Crippen LogP contribution in [0, 0.1) is 12.8 Å². The first kappa shape index (κ1) is 57.4. The summed E-state index contributed by atoms with van der Waals surface area (Å²) in [5.74, 6) is 1.64. The van der Waals surface area contributed by atoms with Crippen molar-refractivity contribution >= 4 is 79.0 Å². The Morgan fingerprint density at radius 1 is 0.519 bits per heavy atom. The predicted octanol–water partition coefficient (Wildman–Crippen LogP) is 8.74. The normalized spacial score (nSPS) is 11.3. The third-order valence-corrected chi connectivity index (χ3v) is 12.3. The standard InChI is InChI=1S/C15H15N5O.C13H18N4O2.C10H12N2.C9H12N4O.C8H11N5/c1-10(2)20-9-18-12-13(16-8-17-14(12)20)19-15(21)11-6-4-3-5-7-11;1-7(2)9(18)5-10-15-12-11(13(19)16-10)14-6-17(12)8(3)4;1-8(2)12-7-11-9-5-3-4-6-10(9)12;1-5(2)13-4-10-7-8(13)11-6(3)12-9(7)14;1-5(2)13-4-12-6-7(9)10-3-11-8(6)13/h3-10H,1-2H3,(H,16,17,19,21);6-8H,5H2,1-4H3,(H,15,16,19);3-8H,1-2H3;4-5H,1-3H3,(H,11,12,14);3-5H,1-2H3,(H2,9,10,11). The van der Waals surface area contributed by atoms with Crippen molar-refractivity contribution in [3.63, 3.8) is 0 Å². The van der Waals surface area contributed by atoms with E-state index in [2.05, 4.69) is 108 Å². The fourth-order valence-electron chi connectivity index (χ4n) is 7.94. The summed E-state index contributed by atoms with van der Waals surface area (Å²) in [5, 5.41) is 2.79. The van der Waals surface area contributed by atoms with Gasteiger partial charge in [-0.05, 0) is 100 Å². The number of imidazole rings is 5. The lowest BCUT2D eigenvalue weighted by atomic mass is 10.1. The van der Waals surface area contributed by atoms with Crippen LogP contribution < -0.4 is 22.2 Å². The number of rotatable bonds is 10. The second-order valence-electron chi connectivity index (χ2n) is 20.2. The smallest absolute Gasteiger partial charge is 0.279 e. The number of aromatic nitrogens is 18. The molecule has 0 unspecified atom stereocenters. The van der Waals surface area contributed by atoms with Crippen LogP contribution in [0.15, 0.2) is 108 Å². The molecular weight excluding hydrogens is 1000 g/mol. The summed E-state index contributed by atoms with van der Waals surface area (Å²) in [6.07, 6.45) is 11.6. The molecule has 0 bridgehead atoms. The molecule has 0 atom stereocenters. The summed E-state index contributed by atoms with van der Waals surface area (Å²) in [6.45, 7) is 26.0. The number of benzene rings is 2. The van der Waals surface area contributed by atoms with Crippen molar-refractivity contribution < 1.29 is 9.59 Å². The van der Waals surface area contributed by atoms with E-state index in [1.165, 1.54) is 18.2 Å². The molecule has 11 aromatic rings. The van der Waals surface area contributed by atoms with Gasteiger partial charge in [0, 0.05) is 41.7 Å². The van der Waals surface area contributed by atoms with Gasteiger partial charge in [-0.25, -0.2) is 54.8 Å². The summed E-state index contributed by atoms with van der Waals surface area (Å²) in [5.41, 5.74) is 12.7. The topological polar surface area (TPSA) is 304 Å². The van der Waals surface area contributed by atoms with E-state index >= 15 is 0 Å². The second-order valence-corrected chi connectivity index (χ2v) is 20.2. The van der Waals surface area contributed by atoms with Crippen LogP contribution in [0.2, 0.25) is 0 Å². The van der Waals surface area contributed by atoms with E-state index in [0.29, 0.717) is 79.9 Å². The Kier molecular flexibility index (Phi) is 18.3. The highest BCUT2D eigenvalue weighted by atomic mass is 16.2. The molecule has 9 aromatic heterocycles. The van der Waals surface area contributed by atoms with Gasteiger partial charge in [-0.1, -0.05) is 44.2 Å². The number of carbonyl (C=O) groups is 2. The van der Waals surface area contributed by atoms with Gasteiger partial charge >= 0.3 is 0 Å². The van der Waals surface area contributed by atoms with Crippen LogP contribution in [0.1, 0.15) is 135 Å². The Bertz CT molecular complexity index is 3970. The minimum atomic E-state index is -0.295. The third kappa shape index (κ3) is 13.4. The molecular formula is C55H68N20O4. The lowest BCUT2D eigenvalue weighted by molar-refractivity contribution is -0.121. The SMILES string of the molecule is CC(C)C(=O)Cc1nc2c(ncn2C(C)C)c(=O)[nH]1.CC(C)n1cnc2c(N)ncnc21.CC(C)n1cnc2c(NC(=O)c3ccccc3)ncnc21.CC(C)n1cnc2ccccc21.Cc1nc2c(ncn2C(C)C)c(=O)[nH]1.